The van der Waals surface area contributed by atoms with Crippen LogP contribution in [0.2, 0.25) is 19.6 Å². The Morgan fingerprint density at radius 3 is 2.48 bits per heavy atom. The van der Waals surface area contributed by atoms with E-state index in [1.807, 2.05) is 6.08 Å². The standard InChI is InChI=1S/C25H42O5Si/c1-10-12-15-24(5,30-31(7,8)9)16-21-25(23(27)28-6)20(26)14-13-18(17(3)4)22(25)19(11-2)29-21/h10-11,17-19,21-22H,1-2,12-16H2,3-9H3/t18-,19+,21-,22+,24+,25+/m1/s1. The fraction of sp³-hybridized carbons (Fsp3) is 0.760. The Morgan fingerprint density at radius 1 is 1.35 bits per heavy atom. The summed E-state index contributed by atoms with van der Waals surface area (Å²) < 4.78 is 18.4. The van der Waals surface area contributed by atoms with Crippen LogP contribution in [0.25, 0.3) is 0 Å². The lowest BCUT2D eigenvalue weighted by Crippen LogP contribution is -2.58. The molecule has 0 radical (unpaired) electrons. The van der Waals surface area contributed by atoms with Crippen molar-refractivity contribution in [2.75, 3.05) is 7.11 Å². The number of Topliss-reactive ketones (excluding diaryl/α,β-unsaturated/α-hetero) is 1. The molecule has 5 nitrogen and oxygen atoms in total. The largest absolute Gasteiger partial charge is 0.468 e. The van der Waals surface area contributed by atoms with Gasteiger partial charge in [0.15, 0.2) is 19.5 Å². The molecule has 1 aliphatic carbocycles. The smallest absolute Gasteiger partial charge is 0.322 e. The zero-order chi connectivity index (χ0) is 23.6. The molecule has 0 amide bonds. The minimum absolute atomic E-state index is 0.0605. The second-order valence-electron chi connectivity index (χ2n) is 10.8. The van der Waals surface area contributed by atoms with Gasteiger partial charge in [-0.25, -0.2) is 0 Å². The number of hydrogen-bond acceptors (Lipinski definition) is 5. The zero-order valence-electron chi connectivity index (χ0n) is 20.5. The molecule has 0 aromatic carbocycles. The molecule has 1 saturated heterocycles. The number of ether oxygens (including phenoxy) is 2. The summed E-state index contributed by atoms with van der Waals surface area (Å²) in [5.74, 6) is -0.297. The molecule has 6 heteroatoms. The molecule has 1 aliphatic heterocycles. The topological polar surface area (TPSA) is 61.8 Å². The molecule has 2 fully saturated rings. The van der Waals surface area contributed by atoms with E-state index >= 15 is 0 Å². The van der Waals surface area contributed by atoms with Gasteiger partial charge in [-0.15, -0.1) is 13.2 Å². The van der Waals surface area contributed by atoms with E-state index in [9.17, 15) is 9.59 Å². The molecule has 0 spiro atoms. The van der Waals surface area contributed by atoms with Gasteiger partial charge in [-0.3, -0.25) is 9.59 Å². The molecule has 0 aromatic heterocycles. The summed E-state index contributed by atoms with van der Waals surface area (Å²) in [5.41, 5.74) is -1.84. The Morgan fingerprint density at radius 2 is 2.00 bits per heavy atom. The summed E-state index contributed by atoms with van der Waals surface area (Å²) in [5, 5.41) is 0. The number of carbonyl (C=O) groups excluding carboxylic acids is 2. The molecule has 2 aliphatic rings. The van der Waals surface area contributed by atoms with Gasteiger partial charge in [0.1, 0.15) is 0 Å². The molecule has 0 N–H and O–H groups in total. The first-order chi connectivity index (χ1) is 14.4. The number of ketones is 1. The monoisotopic (exact) mass is 450 g/mol. The van der Waals surface area contributed by atoms with E-state index in [0.29, 0.717) is 18.8 Å². The number of esters is 1. The van der Waals surface area contributed by atoms with Crippen molar-refractivity contribution in [2.24, 2.45) is 23.2 Å². The molecular formula is C25H42O5Si. The highest BCUT2D eigenvalue weighted by atomic mass is 28.4. The van der Waals surface area contributed by atoms with Crippen molar-refractivity contribution < 1.29 is 23.5 Å². The molecular weight excluding hydrogens is 408 g/mol. The number of fused-ring (bicyclic) bond motifs is 1. The highest BCUT2D eigenvalue weighted by molar-refractivity contribution is 6.69. The summed E-state index contributed by atoms with van der Waals surface area (Å²) in [6.07, 6.45) is 5.81. The minimum Gasteiger partial charge on any atom is -0.468 e. The predicted octanol–water partition coefficient (Wildman–Crippen LogP) is 5.32. The number of carbonyl (C=O) groups is 2. The summed E-state index contributed by atoms with van der Waals surface area (Å²) >= 11 is 0. The maximum absolute atomic E-state index is 13.6. The SMILES string of the molecule is C=CCC[C@@](C)(C[C@H]1O[C@@H](C=C)[C@@H]2[C@@H](C(C)C)CCC(=O)[C@@]21C(=O)OC)O[Si](C)(C)C. The molecule has 6 atom stereocenters. The van der Waals surface area contributed by atoms with Crippen molar-refractivity contribution in [3.63, 3.8) is 0 Å². The number of methoxy groups -OCH3 is 1. The van der Waals surface area contributed by atoms with E-state index in [4.69, 9.17) is 13.9 Å². The van der Waals surface area contributed by atoms with Gasteiger partial charge in [0, 0.05) is 18.8 Å². The fourth-order valence-corrected chi connectivity index (χ4v) is 7.59. The van der Waals surface area contributed by atoms with E-state index < -0.39 is 31.4 Å². The zero-order valence-corrected chi connectivity index (χ0v) is 21.5. The van der Waals surface area contributed by atoms with Crippen molar-refractivity contribution in [3.8, 4) is 0 Å². The highest BCUT2D eigenvalue weighted by Crippen LogP contribution is 2.57. The summed E-state index contributed by atoms with van der Waals surface area (Å²) in [7, 11) is -0.533. The van der Waals surface area contributed by atoms with Crippen molar-refractivity contribution >= 4 is 20.1 Å². The van der Waals surface area contributed by atoms with E-state index in [1.54, 1.807) is 6.08 Å². The average molecular weight is 451 g/mol. The van der Waals surface area contributed by atoms with Crippen LogP contribution >= 0.6 is 0 Å². The first kappa shape index (κ1) is 26.0. The summed E-state index contributed by atoms with van der Waals surface area (Å²) in [6, 6.07) is 0. The Balaban J connectivity index is 2.58. The van der Waals surface area contributed by atoms with Gasteiger partial charge in [0.05, 0.1) is 24.9 Å². The lowest BCUT2D eigenvalue weighted by molar-refractivity contribution is -0.170. The Kier molecular flexibility index (Phi) is 8.15. The van der Waals surface area contributed by atoms with Crippen molar-refractivity contribution in [2.45, 2.75) is 90.3 Å². The van der Waals surface area contributed by atoms with Crippen molar-refractivity contribution in [3.05, 3.63) is 25.3 Å². The van der Waals surface area contributed by atoms with Gasteiger partial charge >= 0.3 is 5.97 Å². The molecule has 2 rings (SSSR count). The minimum atomic E-state index is -1.90. The molecule has 1 saturated carbocycles. The van der Waals surface area contributed by atoms with E-state index in [0.717, 1.165) is 19.3 Å². The maximum Gasteiger partial charge on any atom is 0.322 e. The van der Waals surface area contributed by atoms with Crippen LogP contribution in [0, 0.1) is 23.2 Å². The van der Waals surface area contributed by atoms with E-state index in [1.165, 1.54) is 7.11 Å². The van der Waals surface area contributed by atoms with Crippen LogP contribution in [-0.4, -0.2) is 45.0 Å². The lowest BCUT2D eigenvalue weighted by atomic mass is 9.55. The van der Waals surface area contributed by atoms with Crippen LogP contribution in [0.3, 0.4) is 0 Å². The first-order valence-corrected chi connectivity index (χ1v) is 15.0. The van der Waals surface area contributed by atoms with Crippen LogP contribution in [0.4, 0.5) is 0 Å². The van der Waals surface area contributed by atoms with Crippen LogP contribution in [-0.2, 0) is 23.5 Å². The third-order valence-corrected chi connectivity index (χ3v) is 8.10. The van der Waals surface area contributed by atoms with Crippen LogP contribution < -0.4 is 0 Å². The Hall–Kier alpha value is -1.24. The predicted molar refractivity (Wildman–Crippen MR) is 126 cm³/mol. The van der Waals surface area contributed by atoms with Gasteiger partial charge in [0.2, 0.25) is 0 Å². The summed E-state index contributed by atoms with van der Waals surface area (Å²) in [6.45, 7) is 20.7. The normalized spacial score (nSPS) is 33.0. The van der Waals surface area contributed by atoms with Crippen LogP contribution in [0.1, 0.15) is 52.9 Å². The quantitative estimate of drug-likeness (QED) is 0.195. The van der Waals surface area contributed by atoms with Gasteiger partial charge < -0.3 is 13.9 Å². The third-order valence-electron chi connectivity index (χ3n) is 7.00. The van der Waals surface area contributed by atoms with Crippen molar-refractivity contribution in [1.29, 1.82) is 0 Å². The fourth-order valence-electron chi connectivity index (χ4n) is 5.93. The molecule has 176 valence electrons. The second-order valence-corrected chi connectivity index (χ2v) is 15.2. The van der Waals surface area contributed by atoms with Crippen LogP contribution in [0.15, 0.2) is 25.3 Å². The van der Waals surface area contributed by atoms with Crippen molar-refractivity contribution in [1.82, 2.24) is 0 Å². The van der Waals surface area contributed by atoms with E-state index in [2.05, 4.69) is 53.6 Å². The van der Waals surface area contributed by atoms with Gasteiger partial charge in [0.25, 0.3) is 0 Å². The van der Waals surface area contributed by atoms with Gasteiger partial charge in [-0.2, -0.15) is 0 Å². The van der Waals surface area contributed by atoms with Crippen LogP contribution in [0.5, 0.6) is 0 Å². The van der Waals surface area contributed by atoms with Gasteiger partial charge in [-0.1, -0.05) is 26.0 Å². The Labute approximate surface area is 189 Å². The summed E-state index contributed by atoms with van der Waals surface area (Å²) in [4.78, 5) is 27.0. The number of rotatable bonds is 10. The molecule has 0 aromatic rings. The lowest BCUT2D eigenvalue weighted by Gasteiger charge is -2.46. The average Bonchev–Trinajstić information content (AvgIpc) is 2.99. The van der Waals surface area contributed by atoms with E-state index in [-0.39, 0.29) is 23.7 Å². The molecule has 31 heavy (non-hydrogen) atoms. The molecule has 0 bridgehead atoms. The maximum atomic E-state index is 13.6. The second kappa shape index (κ2) is 9.71. The highest BCUT2D eigenvalue weighted by Gasteiger charge is 2.69. The first-order valence-electron chi connectivity index (χ1n) is 11.6. The molecule has 1 heterocycles. The van der Waals surface area contributed by atoms with Gasteiger partial charge in [-0.05, 0) is 57.7 Å². The Bertz CT molecular complexity index is 687. The number of allylic oxidation sites excluding steroid dienone is 1. The third kappa shape index (κ3) is 5.06. The molecule has 0 unspecified atom stereocenters. The number of hydrogen-bond donors (Lipinski definition) is 0.